The minimum atomic E-state index is -2.91. The van der Waals surface area contributed by atoms with Gasteiger partial charge < -0.3 is 15.0 Å². The molecule has 0 spiro atoms. The van der Waals surface area contributed by atoms with E-state index >= 15 is 0 Å². The van der Waals surface area contributed by atoms with Crippen molar-refractivity contribution in [3.05, 3.63) is 30.1 Å². The number of benzene rings is 1. The zero-order valence-corrected chi connectivity index (χ0v) is 10.2. The lowest BCUT2D eigenvalue weighted by atomic mass is 10.1. The molecule has 7 heteroatoms. The second kappa shape index (κ2) is 5.75. The van der Waals surface area contributed by atoms with Gasteiger partial charge in [-0.3, -0.25) is 0 Å². The van der Waals surface area contributed by atoms with Gasteiger partial charge in [0.25, 0.3) is 5.89 Å². The summed E-state index contributed by atoms with van der Waals surface area (Å²) >= 11 is 0. The molecule has 2 aromatic rings. The molecule has 102 valence electrons. The Bertz CT molecular complexity index is 545. The van der Waals surface area contributed by atoms with Gasteiger partial charge in [0.1, 0.15) is 5.75 Å². The van der Waals surface area contributed by atoms with Gasteiger partial charge in [0.15, 0.2) is 5.82 Å². The summed E-state index contributed by atoms with van der Waals surface area (Å²) in [6.07, 6.45) is 0. The van der Waals surface area contributed by atoms with E-state index < -0.39 is 6.61 Å². The highest BCUT2D eigenvalue weighted by Gasteiger charge is 2.18. The van der Waals surface area contributed by atoms with E-state index in [0.29, 0.717) is 17.9 Å². The number of para-hydroxylation sites is 1. The molecule has 0 saturated carbocycles. The number of ether oxygens (including phenoxy) is 1. The molecule has 1 atom stereocenters. The van der Waals surface area contributed by atoms with Gasteiger partial charge in [-0.1, -0.05) is 24.2 Å². The van der Waals surface area contributed by atoms with Crippen LogP contribution in [0.3, 0.4) is 0 Å². The van der Waals surface area contributed by atoms with Crippen LogP contribution in [0.1, 0.15) is 18.7 Å². The lowest BCUT2D eigenvalue weighted by molar-refractivity contribution is -0.0495. The standard InChI is InChI=1S/C12H13F2N3O2/c1-7(6-15)10-16-11(19-17-10)8-4-2-3-5-9(8)18-12(13)14/h2-5,7,12H,6,15H2,1H3. The summed E-state index contributed by atoms with van der Waals surface area (Å²) in [5.41, 5.74) is 5.83. The monoisotopic (exact) mass is 269 g/mol. The summed E-state index contributed by atoms with van der Waals surface area (Å²) in [5.74, 6) is 0.490. The van der Waals surface area contributed by atoms with Crippen molar-refractivity contribution in [1.29, 1.82) is 0 Å². The van der Waals surface area contributed by atoms with Crippen LogP contribution in [-0.2, 0) is 0 Å². The Morgan fingerprint density at radius 2 is 2.11 bits per heavy atom. The molecule has 19 heavy (non-hydrogen) atoms. The van der Waals surface area contributed by atoms with E-state index in [-0.39, 0.29) is 17.6 Å². The summed E-state index contributed by atoms with van der Waals surface area (Å²) < 4.78 is 34.1. The van der Waals surface area contributed by atoms with E-state index in [2.05, 4.69) is 14.9 Å². The number of hydrogen-bond donors (Lipinski definition) is 1. The van der Waals surface area contributed by atoms with E-state index in [1.165, 1.54) is 6.07 Å². The SMILES string of the molecule is CC(CN)c1noc(-c2ccccc2OC(F)F)n1. The molecule has 1 aromatic heterocycles. The van der Waals surface area contributed by atoms with Crippen molar-refractivity contribution >= 4 is 0 Å². The molecule has 2 rings (SSSR count). The second-order valence-corrected chi connectivity index (χ2v) is 3.97. The molecule has 0 radical (unpaired) electrons. The van der Waals surface area contributed by atoms with Gasteiger partial charge in [0, 0.05) is 12.5 Å². The van der Waals surface area contributed by atoms with Crippen LogP contribution >= 0.6 is 0 Å². The van der Waals surface area contributed by atoms with Crippen molar-refractivity contribution in [2.75, 3.05) is 6.54 Å². The number of nitrogens with two attached hydrogens (primary N) is 1. The fraction of sp³-hybridized carbons (Fsp3) is 0.333. The second-order valence-electron chi connectivity index (χ2n) is 3.97. The van der Waals surface area contributed by atoms with Crippen molar-refractivity contribution < 1.29 is 18.0 Å². The maximum Gasteiger partial charge on any atom is 0.387 e. The first kappa shape index (κ1) is 13.4. The topological polar surface area (TPSA) is 74.2 Å². The number of aromatic nitrogens is 2. The Morgan fingerprint density at radius 1 is 1.37 bits per heavy atom. The normalized spacial score (nSPS) is 12.7. The molecule has 0 aliphatic carbocycles. The lowest BCUT2D eigenvalue weighted by Crippen LogP contribution is -2.10. The van der Waals surface area contributed by atoms with Crippen LogP contribution in [0.25, 0.3) is 11.5 Å². The maximum atomic E-state index is 12.3. The number of hydrogen-bond acceptors (Lipinski definition) is 5. The highest BCUT2D eigenvalue weighted by molar-refractivity contribution is 5.62. The van der Waals surface area contributed by atoms with Crippen molar-refractivity contribution in [3.63, 3.8) is 0 Å². The summed E-state index contributed by atoms with van der Waals surface area (Å²) in [6, 6.07) is 6.24. The van der Waals surface area contributed by atoms with E-state index in [1.54, 1.807) is 18.2 Å². The number of alkyl halides is 2. The van der Waals surface area contributed by atoms with Crippen molar-refractivity contribution in [2.24, 2.45) is 5.73 Å². The molecule has 1 heterocycles. The van der Waals surface area contributed by atoms with Crippen LogP contribution in [0.5, 0.6) is 5.75 Å². The van der Waals surface area contributed by atoms with Crippen molar-refractivity contribution in [3.8, 4) is 17.2 Å². The first-order valence-electron chi connectivity index (χ1n) is 5.69. The molecule has 0 bridgehead atoms. The van der Waals surface area contributed by atoms with Gasteiger partial charge in [-0.05, 0) is 12.1 Å². The van der Waals surface area contributed by atoms with Gasteiger partial charge in [0.2, 0.25) is 0 Å². The fourth-order valence-corrected chi connectivity index (χ4v) is 1.49. The van der Waals surface area contributed by atoms with Crippen LogP contribution < -0.4 is 10.5 Å². The molecule has 5 nitrogen and oxygen atoms in total. The highest BCUT2D eigenvalue weighted by Crippen LogP contribution is 2.30. The Kier molecular flexibility index (Phi) is 4.06. The maximum absolute atomic E-state index is 12.3. The van der Waals surface area contributed by atoms with E-state index in [1.807, 2.05) is 6.92 Å². The molecule has 1 aromatic carbocycles. The van der Waals surface area contributed by atoms with Crippen molar-refractivity contribution in [2.45, 2.75) is 19.5 Å². The fourth-order valence-electron chi connectivity index (χ4n) is 1.49. The average molecular weight is 269 g/mol. The summed E-state index contributed by atoms with van der Waals surface area (Å²) in [4.78, 5) is 4.14. The molecule has 0 fully saturated rings. The van der Waals surface area contributed by atoms with Crippen molar-refractivity contribution in [1.82, 2.24) is 10.1 Å². The highest BCUT2D eigenvalue weighted by atomic mass is 19.3. The summed E-state index contributed by atoms with van der Waals surface area (Å²) in [6.45, 7) is -0.698. The third-order valence-corrected chi connectivity index (χ3v) is 2.57. The Hall–Kier alpha value is -2.02. The van der Waals surface area contributed by atoms with Gasteiger partial charge in [-0.2, -0.15) is 13.8 Å². The number of rotatable bonds is 5. The molecule has 0 aliphatic heterocycles. The van der Waals surface area contributed by atoms with Gasteiger partial charge in [-0.25, -0.2) is 0 Å². The van der Waals surface area contributed by atoms with Crippen LogP contribution in [0.4, 0.5) is 8.78 Å². The van der Waals surface area contributed by atoms with E-state index in [0.717, 1.165) is 0 Å². The molecular weight excluding hydrogens is 256 g/mol. The largest absolute Gasteiger partial charge is 0.434 e. The van der Waals surface area contributed by atoms with Crippen LogP contribution in [0.2, 0.25) is 0 Å². The molecule has 2 N–H and O–H groups in total. The van der Waals surface area contributed by atoms with Crippen LogP contribution in [0.15, 0.2) is 28.8 Å². The predicted octanol–water partition coefficient (Wildman–Crippen LogP) is 2.40. The van der Waals surface area contributed by atoms with Crippen LogP contribution in [-0.4, -0.2) is 23.3 Å². The summed E-state index contributed by atoms with van der Waals surface area (Å²) in [7, 11) is 0. The van der Waals surface area contributed by atoms with Gasteiger partial charge >= 0.3 is 6.61 Å². The Balaban J connectivity index is 2.33. The number of nitrogens with zero attached hydrogens (tertiary/aromatic N) is 2. The zero-order chi connectivity index (χ0) is 13.8. The first-order valence-corrected chi connectivity index (χ1v) is 5.69. The van der Waals surface area contributed by atoms with E-state index in [9.17, 15) is 8.78 Å². The van der Waals surface area contributed by atoms with Crippen LogP contribution in [0, 0.1) is 0 Å². The predicted molar refractivity (Wildman–Crippen MR) is 63.8 cm³/mol. The lowest BCUT2D eigenvalue weighted by Gasteiger charge is -2.07. The minimum absolute atomic E-state index is 0.00639. The van der Waals surface area contributed by atoms with Gasteiger partial charge in [-0.15, -0.1) is 0 Å². The molecular formula is C12H13F2N3O2. The Labute approximate surface area is 108 Å². The zero-order valence-electron chi connectivity index (χ0n) is 10.2. The molecule has 0 saturated heterocycles. The number of halogens is 2. The molecule has 0 amide bonds. The Morgan fingerprint density at radius 3 is 2.79 bits per heavy atom. The third kappa shape index (κ3) is 3.05. The first-order chi connectivity index (χ1) is 9.11. The third-order valence-electron chi connectivity index (χ3n) is 2.57. The average Bonchev–Trinajstić information content (AvgIpc) is 2.87. The smallest absolute Gasteiger partial charge is 0.387 e. The molecule has 0 aliphatic rings. The van der Waals surface area contributed by atoms with E-state index in [4.69, 9.17) is 10.3 Å². The summed E-state index contributed by atoms with van der Waals surface area (Å²) in [5, 5.41) is 3.77. The quantitative estimate of drug-likeness (QED) is 0.902. The van der Waals surface area contributed by atoms with Gasteiger partial charge in [0.05, 0.1) is 5.56 Å². The molecule has 1 unspecified atom stereocenters. The minimum Gasteiger partial charge on any atom is -0.434 e.